The molecule has 0 radical (unpaired) electrons. The van der Waals surface area contributed by atoms with Gasteiger partial charge >= 0.3 is 0 Å². The Morgan fingerprint density at radius 2 is 1.95 bits per heavy atom. The molecular weight excluding hydrogens is 282 g/mol. The number of aryl methyl sites for hydroxylation is 1. The van der Waals surface area contributed by atoms with Crippen molar-refractivity contribution in [3.8, 4) is 11.5 Å². The van der Waals surface area contributed by atoms with Crippen LogP contribution in [0.2, 0.25) is 0 Å². The highest BCUT2D eigenvalue weighted by atomic mass is 32.2. The molecule has 0 spiro atoms. The summed E-state index contributed by atoms with van der Waals surface area (Å²) in [6, 6.07) is 6.06. The van der Waals surface area contributed by atoms with Gasteiger partial charge in [-0.15, -0.1) is 0 Å². The first kappa shape index (κ1) is 14.2. The Kier molecular flexibility index (Phi) is 3.84. The molecule has 0 fully saturated rings. The summed E-state index contributed by atoms with van der Waals surface area (Å²) in [7, 11) is -0.892. The normalized spacial score (nSPS) is 11.2. The molecular formula is C12H15N3O4S. The predicted molar refractivity (Wildman–Crippen MR) is 73.7 cm³/mol. The second-order valence-electron chi connectivity index (χ2n) is 4.06. The fourth-order valence-corrected chi connectivity index (χ4v) is 2.80. The van der Waals surface area contributed by atoms with E-state index >= 15 is 0 Å². The van der Waals surface area contributed by atoms with Gasteiger partial charge in [-0.05, 0) is 19.1 Å². The van der Waals surface area contributed by atoms with Crippen LogP contribution < -0.4 is 14.2 Å². The van der Waals surface area contributed by atoms with Crippen LogP contribution in [-0.2, 0) is 10.0 Å². The zero-order valence-corrected chi connectivity index (χ0v) is 12.1. The SMILES string of the molecule is COc1ccc(S(=O)(=O)Nc2cc(C)[nH]n2)c(OC)c1. The molecule has 0 saturated carbocycles. The molecule has 0 bridgehead atoms. The van der Waals surface area contributed by atoms with E-state index in [4.69, 9.17) is 9.47 Å². The zero-order chi connectivity index (χ0) is 14.8. The van der Waals surface area contributed by atoms with E-state index in [9.17, 15) is 8.42 Å². The van der Waals surface area contributed by atoms with Gasteiger partial charge in [0.25, 0.3) is 10.0 Å². The number of nitrogens with zero attached hydrogens (tertiary/aromatic N) is 1. The van der Waals surface area contributed by atoms with Crippen LogP contribution in [0.25, 0.3) is 0 Å². The maximum absolute atomic E-state index is 12.3. The van der Waals surface area contributed by atoms with Crippen LogP contribution in [0.15, 0.2) is 29.2 Å². The number of anilines is 1. The number of benzene rings is 1. The average Bonchev–Trinajstić information content (AvgIpc) is 2.82. The van der Waals surface area contributed by atoms with Crippen LogP contribution in [0.3, 0.4) is 0 Å². The van der Waals surface area contributed by atoms with Crippen molar-refractivity contribution in [2.24, 2.45) is 0 Å². The van der Waals surface area contributed by atoms with Crippen LogP contribution >= 0.6 is 0 Å². The molecule has 1 aromatic carbocycles. The summed E-state index contributed by atoms with van der Waals surface area (Å²) in [5.74, 6) is 0.931. The Bertz CT molecular complexity index is 709. The highest BCUT2D eigenvalue weighted by Gasteiger charge is 2.21. The lowest BCUT2D eigenvalue weighted by Gasteiger charge is -2.11. The van der Waals surface area contributed by atoms with E-state index < -0.39 is 10.0 Å². The van der Waals surface area contributed by atoms with Gasteiger partial charge in [-0.2, -0.15) is 5.10 Å². The van der Waals surface area contributed by atoms with Gasteiger partial charge in [-0.3, -0.25) is 9.82 Å². The van der Waals surface area contributed by atoms with Crippen molar-refractivity contribution in [1.29, 1.82) is 0 Å². The monoisotopic (exact) mass is 297 g/mol. The third kappa shape index (κ3) is 2.85. The van der Waals surface area contributed by atoms with Gasteiger partial charge in [0.15, 0.2) is 5.82 Å². The summed E-state index contributed by atoms with van der Waals surface area (Å²) in [6.07, 6.45) is 0. The standard InChI is InChI=1S/C12H15N3O4S/c1-8-6-12(14-13-8)15-20(16,17)11-5-4-9(18-2)7-10(11)19-3/h4-7H,1-3H3,(H2,13,14,15). The second kappa shape index (κ2) is 5.41. The molecule has 0 aliphatic heterocycles. The van der Waals surface area contributed by atoms with E-state index in [0.717, 1.165) is 5.69 Å². The fourth-order valence-electron chi connectivity index (χ4n) is 1.66. The lowest BCUT2D eigenvalue weighted by Crippen LogP contribution is -2.14. The molecule has 1 aromatic heterocycles. The third-order valence-electron chi connectivity index (χ3n) is 2.61. The first-order chi connectivity index (χ1) is 9.46. The minimum atomic E-state index is -3.78. The van der Waals surface area contributed by atoms with Crippen molar-refractivity contribution in [1.82, 2.24) is 10.2 Å². The number of hydrogen-bond acceptors (Lipinski definition) is 5. The average molecular weight is 297 g/mol. The summed E-state index contributed by atoms with van der Waals surface area (Å²) >= 11 is 0. The molecule has 0 amide bonds. The topological polar surface area (TPSA) is 93.3 Å². The number of sulfonamides is 1. The van der Waals surface area contributed by atoms with Crippen LogP contribution in [0.5, 0.6) is 11.5 Å². The molecule has 2 aromatic rings. The van der Waals surface area contributed by atoms with E-state index in [0.29, 0.717) is 5.75 Å². The largest absolute Gasteiger partial charge is 0.497 e. The number of rotatable bonds is 5. The Hall–Kier alpha value is -2.22. The summed E-state index contributed by atoms with van der Waals surface area (Å²) in [5, 5.41) is 6.50. The summed E-state index contributed by atoms with van der Waals surface area (Å²) < 4.78 is 37.1. The lowest BCUT2D eigenvalue weighted by molar-refractivity contribution is 0.386. The van der Waals surface area contributed by atoms with Gasteiger partial charge in [-0.1, -0.05) is 0 Å². The van der Waals surface area contributed by atoms with E-state index in [2.05, 4.69) is 14.9 Å². The molecule has 2 rings (SSSR count). The predicted octanol–water partition coefficient (Wildman–Crippen LogP) is 1.54. The lowest BCUT2D eigenvalue weighted by atomic mass is 10.3. The van der Waals surface area contributed by atoms with Crippen molar-refractivity contribution in [2.45, 2.75) is 11.8 Å². The van der Waals surface area contributed by atoms with Crippen LogP contribution in [0.4, 0.5) is 5.82 Å². The number of methoxy groups -OCH3 is 2. The number of aromatic nitrogens is 2. The van der Waals surface area contributed by atoms with E-state index in [1.807, 2.05) is 0 Å². The Balaban J connectivity index is 2.38. The summed E-state index contributed by atoms with van der Waals surface area (Å²) in [6.45, 7) is 1.78. The minimum Gasteiger partial charge on any atom is -0.497 e. The third-order valence-corrected chi connectivity index (χ3v) is 4.00. The van der Waals surface area contributed by atoms with Crippen molar-refractivity contribution in [3.63, 3.8) is 0 Å². The number of ether oxygens (including phenoxy) is 2. The molecule has 0 aliphatic rings. The molecule has 8 heteroatoms. The minimum absolute atomic E-state index is 0.0152. The van der Waals surface area contributed by atoms with Crippen LogP contribution in [0.1, 0.15) is 5.69 Å². The molecule has 0 unspecified atom stereocenters. The summed E-state index contributed by atoms with van der Waals surface area (Å²) in [5.41, 5.74) is 0.754. The Labute approximate surface area is 117 Å². The molecule has 2 N–H and O–H groups in total. The maximum Gasteiger partial charge on any atom is 0.266 e. The Morgan fingerprint density at radius 1 is 1.20 bits per heavy atom. The quantitative estimate of drug-likeness (QED) is 0.873. The van der Waals surface area contributed by atoms with Crippen LogP contribution in [0, 0.1) is 6.92 Å². The smallest absolute Gasteiger partial charge is 0.266 e. The van der Waals surface area contributed by atoms with Crippen LogP contribution in [-0.4, -0.2) is 32.8 Å². The number of aromatic amines is 1. The number of nitrogens with one attached hydrogen (secondary N) is 2. The van der Waals surface area contributed by atoms with E-state index in [1.165, 1.54) is 26.4 Å². The molecule has 0 atom stereocenters. The van der Waals surface area contributed by atoms with Gasteiger partial charge in [0.05, 0.1) is 14.2 Å². The van der Waals surface area contributed by atoms with Gasteiger partial charge in [0.1, 0.15) is 16.4 Å². The first-order valence-corrected chi connectivity index (χ1v) is 7.21. The Morgan fingerprint density at radius 3 is 2.50 bits per heavy atom. The summed E-state index contributed by atoms with van der Waals surface area (Å²) in [4.78, 5) is 0.0152. The van der Waals surface area contributed by atoms with Gasteiger partial charge in [-0.25, -0.2) is 8.42 Å². The highest BCUT2D eigenvalue weighted by molar-refractivity contribution is 7.92. The van der Waals surface area contributed by atoms with Crippen molar-refractivity contribution in [3.05, 3.63) is 30.0 Å². The molecule has 1 heterocycles. The van der Waals surface area contributed by atoms with E-state index in [-0.39, 0.29) is 16.5 Å². The van der Waals surface area contributed by atoms with Gasteiger partial charge in [0, 0.05) is 17.8 Å². The number of H-pyrrole nitrogens is 1. The number of hydrogen-bond donors (Lipinski definition) is 2. The van der Waals surface area contributed by atoms with Crippen molar-refractivity contribution >= 4 is 15.8 Å². The van der Waals surface area contributed by atoms with E-state index in [1.54, 1.807) is 19.1 Å². The zero-order valence-electron chi connectivity index (χ0n) is 11.3. The molecule has 0 aliphatic carbocycles. The molecule has 7 nitrogen and oxygen atoms in total. The van der Waals surface area contributed by atoms with Crippen molar-refractivity contribution < 1.29 is 17.9 Å². The molecule has 108 valence electrons. The second-order valence-corrected chi connectivity index (χ2v) is 5.71. The molecule has 20 heavy (non-hydrogen) atoms. The fraction of sp³-hybridized carbons (Fsp3) is 0.250. The maximum atomic E-state index is 12.3. The highest BCUT2D eigenvalue weighted by Crippen LogP contribution is 2.29. The van der Waals surface area contributed by atoms with Gasteiger partial charge < -0.3 is 9.47 Å². The van der Waals surface area contributed by atoms with Crippen molar-refractivity contribution in [2.75, 3.05) is 18.9 Å². The van der Waals surface area contributed by atoms with Gasteiger partial charge in [0.2, 0.25) is 0 Å². The molecule has 0 saturated heterocycles. The first-order valence-electron chi connectivity index (χ1n) is 5.73.